The molecule has 0 atom stereocenters. The van der Waals surface area contributed by atoms with Crippen molar-refractivity contribution in [2.75, 3.05) is 7.05 Å². The van der Waals surface area contributed by atoms with Gasteiger partial charge in [-0.15, -0.1) is 0 Å². The van der Waals surface area contributed by atoms with Gasteiger partial charge in [0, 0.05) is 20.6 Å². The van der Waals surface area contributed by atoms with Crippen LogP contribution in [0.4, 0.5) is 0 Å². The highest BCUT2D eigenvalue weighted by molar-refractivity contribution is 5.93. The van der Waals surface area contributed by atoms with Crippen LogP contribution in [0.3, 0.4) is 0 Å². The number of aromatic nitrogens is 2. The van der Waals surface area contributed by atoms with Crippen LogP contribution in [0.1, 0.15) is 12.0 Å². The van der Waals surface area contributed by atoms with Crippen LogP contribution in [-0.2, 0) is 23.2 Å². The Morgan fingerprint density at radius 3 is 2.84 bits per heavy atom. The van der Waals surface area contributed by atoms with Crippen LogP contribution in [0, 0.1) is 0 Å². The highest BCUT2D eigenvalue weighted by Gasteiger charge is 2.13. The van der Waals surface area contributed by atoms with Crippen molar-refractivity contribution in [1.29, 1.82) is 0 Å². The summed E-state index contributed by atoms with van der Waals surface area (Å²) in [7, 11) is 3.51. The van der Waals surface area contributed by atoms with Crippen molar-refractivity contribution < 1.29 is 14.7 Å². The van der Waals surface area contributed by atoms with E-state index in [1.807, 2.05) is 29.8 Å². The minimum Gasteiger partial charge on any atom is -0.481 e. The molecular weight excluding hydrogens is 246 g/mol. The molecule has 0 fully saturated rings. The number of hydrogen-bond acceptors (Lipinski definition) is 3. The van der Waals surface area contributed by atoms with E-state index in [0.717, 1.165) is 16.6 Å². The third kappa shape index (κ3) is 2.90. The summed E-state index contributed by atoms with van der Waals surface area (Å²) in [5.74, 6) is -1.52. The predicted octanol–water partition coefficient (Wildman–Crippen LogP) is 1.01. The maximum absolute atomic E-state index is 11.6. The van der Waals surface area contributed by atoms with Crippen LogP contribution in [0.2, 0.25) is 0 Å². The Hall–Kier alpha value is -2.37. The highest BCUT2D eigenvalue weighted by Crippen LogP contribution is 2.15. The van der Waals surface area contributed by atoms with E-state index in [-0.39, 0.29) is 0 Å². The fourth-order valence-electron chi connectivity index (χ4n) is 1.91. The lowest BCUT2D eigenvalue weighted by molar-refractivity contribution is -0.143. The van der Waals surface area contributed by atoms with Gasteiger partial charge in [-0.25, -0.2) is 4.98 Å². The Morgan fingerprint density at radius 1 is 1.42 bits per heavy atom. The van der Waals surface area contributed by atoms with Gasteiger partial charge in [-0.2, -0.15) is 0 Å². The van der Waals surface area contributed by atoms with Crippen LogP contribution < -0.4 is 0 Å². The number of imidazole rings is 1. The van der Waals surface area contributed by atoms with Crippen molar-refractivity contribution in [2.24, 2.45) is 7.05 Å². The van der Waals surface area contributed by atoms with E-state index in [1.54, 1.807) is 13.4 Å². The number of aryl methyl sites for hydroxylation is 1. The second-order valence-corrected chi connectivity index (χ2v) is 4.50. The van der Waals surface area contributed by atoms with Crippen LogP contribution in [-0.4, -0.2) is 38.5 Å². The summed E-state index contributed by atoms with van der Waals surface area (Å²) in [6.07, 6.45) is 1.25. The lowest BCUT2D eigenvalue weighted by Crippen LogP contribution is -2.28. The minimum absolute atomic E-state index is 0.374. The zero-order valence-corrected chi connectivity index (χ0v) is 10.8. The summed E-state index contributed by atoms with van der Waals surface area (Å²) in [5, 5.41) is 8.58. The third-order valence-electron chi connectivity index (χ3n) is 2.94. The van der Waals surface area contributed by atoms with E-state index < -0.39 is 18.3 Å². The number of hydrogen-bond donors (Lipinski definition) is 1. The molecule has 6 heteroatoms. The number of nitrogens with zero attached hydrogens (tertiary/aromatic N) is 3. The molecule has 0 aliphatic carbocycles. The average Bonchev–Trinajstić information content (AvgIpc) is 2.70. The molecule has 0 aliphatic heterocycles. The first-order valence-electron chi connectivity index (χ1n) is 5.83. The first kappa shape index (κ1) is 13.1. The average molecular weight is 261 g/mol. The van der Waals surface area contributed by atoms with Gasteiger partial charge in [0.25, 0.3) is 0 Å². The number of carboxylic acids is 1. The van der Waals surface area contributed by atoms with Gasteiger partial charge < -0.3 is 14.6 Å². The van der Waals surface area contributed by atoms with Gasteiger partial charge >= 0.3 is 5.97 Å². The van der Waals surface area contributed by atoms with Gasteiger partial charge in [-0.1, -0.05) is 6.07 Å². The van der Waals surface area contributed by atoms with Crippen LogP contribution >= 0.6 is 0 Å². The Bertz CT molecular complexity index is 633. The van der Waals surface area contributed by atoms with Gasteiger partial charge in [0.15, 0.2) is 0 Å². The van der Waals surface area contributed by atoms with E-state index in [1.165, 1.54) is 4.90 Å². The zero-order valence-electron chi connectivity index (χ0n) is 10.8. The Balaban J connectivity index is 2.12. The number of carboxylic acid groups (broad SMARTS) is 1. The molecule has 1 aromatic carbocycles. The van der Waals surface area contributed by atoms with Crippen molar-refractivity contribution in [1.82, 2.24) is 14.5 Å². The molecule has 2 aromatic rings. The van der Waals surface area contributed by atoms with E-state index >= 15 is 0 Å². The topological polar surface area (TPSA) is 75.4 Å². The van der Waals surface area contributed by atoms with E-state index in [2.05, 4.69) is 4.98 Å². The number of aliphatic carboxylic acids is 1. The lowest BCUT2D eigenvalue weighted by atomic mass is 10.2. The van der Waals surface area contributed by atoms with Gasteiger partial charge in [-0.3, -0.25) is 9.59 Å². The summed E-state index contributed by atoms with van der Waals surface area (Å²) >= 11 is 0. The summed E-state index contributed by atoms with van der Waals surface area (Å²) in [6, 6.07) is 5.75. The van der Waals surface area contributed by atoms with Crippen molar-refractivity contribution in [3.63, 3.8) is 0 Å². The quantitative estimate of drug-likeness (QED) is 0.833. The van der Waals surface area contributed by atoms with Crippen molar-refractivity contribution in [3.05, 3.63) is 30.1 Å². The van der Waals surface area contributed by atoms with Gasteiger partial charge in [0.2, 0.25) is 5.91 Å². The first-order chi connectivity index (χ1) is 8.97. The molecule has 1 N–H and O–H groups in total. The smallest absolute Gasteiger partial charge is 0.312 e. The molecule has 1 aromatic heterocycles. The zero-order chi connectivity index (χ0) is 14.0. The Morgan fingerprint density at radius 2 is 2.16 bits per heavy atom. The van der Waals surface area contributed by atoms with Crippen LogP contribution in [0.25, 0.3) is 11.0 Å². The maximum atomic E-state index is 11.6. The molecule has 0 bridgehead atoms. The first-order valence-corrected chi connectivity index (χ1v) is 5.83. The fourth-order valence-corrected chi connectivity index (χ4v) is 1.91. The highest BCUT2D eigenvalue weighted by atomic mass is 16.4. The van der Waals surface area contributed by atoms with Gasteiger partial charge in [0.1, 0.15) is 6.42 Å². The van der Waals surface area contributed by atoms with Crippen LogP contribution in [0.15, 0.2) is 24.5 Å². The fraction of sp³-hybridized carbons (Fsp3) is 0.308. The normalized spacial score (nSPS) is 10.6. The molecule has 19 heavy (non-hydrogen) atoms. The second-order valence-electron chi connectivity index (χ2n) is 4.50. The minimum atomic E-state index is -1.11. The number of rotatable bonds is 4. The number of benzene rings is 1. The van der Waals surface area contributed by atoms with E-state index in [0.29, 0.717) is 6.54 Å². The standard InChI is InChI=1S/C13H15N3O3/c1-15(12(17)6-13(18)19)7-9-3-4-11-10(5-9)14-8-16(11)2/h3-5,8H,6-7H2,1-2H3,(H,18,19). The summed E-state index contributed by atoms with van der Waals surface area (Å²) < 4.78 is 1.92. The molecule has 6 nitrogen and oxygen atoms in total. The predicted molar refractivity (Wildman–Crippen MR) is 69.4 cm³/mol. The molecule has 0 radical (unpaired) electrons. The summed E-state index contributed by atoms with van der Waals surface area (Å²) in [5.41, 5.74) is 2.80. The summed E-state index contributed by atoms with van der Waals surface area (Å²) in [4.78, 5) is 27.7. The van der Waals surface area contributed by atoms with E-state index in [4.69, 9.17) is 5.11 Å². The SMILES string of the molecule is CN(Cc1ccc2c(c1)ncn2C)C(=O)CC(=O)O. The van der Waals surface area contributed by atoms with Crippen molar-refractivity contribution in [2.45, 2.75) is 13.0 Å². The number of fused-ring (bicyclic) bond motifs is 1. The molecule has 1 heterocycles. The maximum Gasteiger partial charge on any atom is 0.312 e. The third-order valence-corrected chi connectivity index (χ3v) is 2.94. The van der Waals surface area contributed by atoms with Crippen LogP contribution in [0.5, 0.6) is 0 Å². The number of carbonyl (C=O) groups is 2. The Kier molecular flexibility index (Phi) is 3.50. The van der Waals surface area contributed by atoms with Crippen molar-refractivity contribution in [3.8, 4) is 0 Å². The molecular formula is C13H15N3O3. The molecule has 0 aliphatic rings. The monoisotopic (exact) mass is 261 g/mol. The van der Waals surface area contributed by atoms with Crippen molar-refractivity contribution >= 4 is 22.9 Å². The second kappa shape index (κ2) is 5.09. The largest absolute Gasteiger partial charge is 0.481 e. The molecule has 0 saturated heterocycles. The lowest BCUT2D eigenvalue weighted by Gasteiger charge is -2.16. The molecule has 2 rings (SSSR count). The number of amides is 1. The van der Waals surface area contributed by atoms with Gasteiger partial charge in [-0.05, 0) is 17.7 Å². The molecule has 0 unspecified atom stereocenters. The van der Waals surface area contributed by atoms with E-state index in [9.17, 15) is 9.59 Å². The molecule has 0 spiro atoms. The van der Waals surface area contributed by atoms with Gasteiger partial charge in [0.05, 0.1) is 17.4 Å². The molecule has 100 valence electrons. The summed E-state index contributed by atoms with van der Waals surface area (Å²) in [6.45, 7) is 0.374. The number of carbonyl (C=O) groups excluding carboxylic acids is 1. The molecule has 1 amide bonds. The Labute approximate surface area is 110 Å². The molecule has 0 saturated carbocycles.